The molecule has 0 N–H and O–H groups in total. The summed E-state index contributed by atoms with van der Waals surface area (Å²) in [4.78, 5) is 13.5. The van der Waals surface area contributed by atoms with Crippen LogP contribution in [-0.2, 0) is 14.3 Å². The molecule has 0 radical (unpaired) electrons. The highest BCUT2D eigenvalue weighted by Crippen LogP contribution is 2.13. The van der Waals surface area contributed by atoms with Crippen LogP contribution in [0.25, 0.3) is 0 Å². The number of carbonyl (C=O) groups excluding carboxylic acids is 1. The van der Waals surface area contributed by atoms with Gasteiger partial charge in [0.25, 0.3) is 0 Å². The van der Waals surface area contributed by atoms with Gasteiger partial charge in [-0.05, 0) is 26.3 Å². The summed E-state index contributed by atoms with van der Waals surface area (Å²) in [7, 11) is 0. The van der Waals surface area contributed by atoms with Gasteiger partial charge in [0, 0.05) is 19.3 Å². The molecule has 0 amide bonds. The first-order valence-electron chi connectivity index (χ1n) is 5.75. The maximum Gasteiger partial charge on any atom is 0.320 e. The van der Waals surface area contributed by atoms with E-state index in [-0.39, 0.29) is 5.97 Å². The van der Waals surface area contributed by atoms with Crippen molar-refractivity contribution < 1.29 is 14.3 Å². The van der Waals surface area contributed by atoms with Crippen LogP contribution in [0.1, 0.15) is 26.7 Å². The molecule has 0 atom stereocenters. The number of ether oxygens (including phenoxy) is 2. The second-order valence-corrected chi connectivity index (χ2v) is 3.71. The monoisotopic (exact) mass is 215 g/mol. The van der Waals surface area contributed by atoms with Gasteiger partial charge in [-0.25, -0.2) is 0 Å². The van der Waals surface area contributed by atoms with Crippen LogP contribution in [0.2, 0.25) is 0 Å². The van der Waals surface area contributed by atoms with Gasteiger partial charge in [-0.1, -0.05) is 6.92 Å². The molecular formula is C11H21NO3. The van der Waals surface area contributed by atoms with E-state index in [0.717, 1.165) is 32.6 Å². The fourth-order valence-corrected chi connectivity index (χ4v) is 1.92. The smallest absolute Gasteiger partial charge is 0.320 e. The first kappa shape index (κ1) is 12.5. The fourth-order valence-electron chi connectivity index (χ4n) is 1.92. The first-order valence-corrected chi connectivity index (χ1v) is 5.75. The molecule has 0 spiro atoms. The zero-order valence-corrected chi connectivity index (χ0v) is 9.70. The largest absolute Gasteiger partial charge is 0.465 e. The predicted octanol–water partition coefficient (Wildman–Crippen LogP) is 1.05. The molecule has 0 saturated carbocycles. The maximum atomic E-state index is 11.4. The third kappa shape index (κ3) is 4.18. The Bertz CT molecular complexity index is 190. The Labute approximate surface area is 91.5 Å². The molecule has 0 aromatic carbocycles. The molecule has 0 aliphatic carbocycles. The molecular weight excluding hydrogens is 194 g/mol. The molecule has 0 bridgehead atoms. The Morgan fingerprint density at radius 2 is 2.07 bits per heavy atom. The molecule has 1 heterocycles. The lowest BCUT2D eigenvalue weighted by atomic mass is 10.1. The van der Waals surface area contributed by atoms with Gasteiger partial charge in [-0.15, -0.1) is 0 Å². The Kier molecular flexibility index (Phi) is 5.65. The standard InChI is InChI=1S/C11H21NO3/c1-3-12(9-11(13)15-4-2)10-5-7-14-8-6-10/h10H,3-9H2,1-2H3. The molecule has 1 aliphatic rings. The SMILES string of the molecule is CCOC(=O)CN(CC)C1CCOCC1. The number of carbonyl (C=O) groups is 1. The van der Waals surface area contributed by atoms with E-state index < -0.39 is 0 Å². The van der Waals surface area contributed by atoms with E-state index in [1.165, 1.54) is 0 Å². The number of hydrogen-bond donors (Lipinski definition) is 0. The van der Waals surface area contributed by atoms with Crippen molar-refractivity contribution in [1.29, 1.82) is 0 Å². The van der Waals surface area contributed by atoms with Crippen molar-refractivity contribution in [3.8, 4) is 0 Å². The van der Waals surface area contributed by atoms with Crippen molar-refractivity contribution in [2.24, 2.45) is 0 Å². The second kappa shape index (κ2) is 6.80. The van der Waals surface area contributed by atoms with Crippen LogP contribution < -0.4 is 0 Å². The Balaban J connectivity index is 2.36. The molecule has 15 heavy (non-hydrogen) atoms. The van der Waals surface area contributed by atoms with Crippen LogP contribution in [-0.4, -0.2) is 49.8 Å². The van der Waals surface area contributed by atoms with Gasteiger partial charge in [-0.2, -0.15) is 0 Å². The van der Waals surface area contributed by atoms with Crippen molar-refractivity contribution in [2.45, 2.75) is 32.7 Å². The number of nitrogens with zero attached hydrogens (tertiary/aromatic N) is 1. The minimum atomic E-state index is -0.120. The highest BCUT2D eigenvalue weighted by molar-refractivity contribution is 5.71. The quantitative estimate of drug-likeness (QED) is 0.643. The topological polar surface area (TPSA) is 38.8 Å². The summed E-state index contributed by atoms with van der Waals surface area (Å²) in [6, 6.07) is 0.480. The van der Waals surface area contributed by atoms with Crippen LogP contribution in [0.5, 0.6) is 0 Å². The van der Waals surface area contributed by atoms with Gasteiger partial charge in [0.1, 0.15) is 0 Å². The van der Waals surface area contributed by atoms with Crippen molar-refractivity contribution >= 4 is 5.97 Å². The predicted molar refractivity (Wildman–Crippen MR) is 57.7 cm³/mol. The van der Waals surface area contributed by atoms with Crippen molar-refractivity contribution in [1.82, 2.24) is 4.90 Å². The summed E-state index contributed by atoms with van der Waals surface area (Å²) in [5.41, 5.74) is 0. The third-order valence-corrected chi connectivity index (χ3v) is 2.75. The van der Waals surface area contributed by atoms with E-state index in [9.17, 15) is 4.79 Å². The molecule has 4 heteroatoms. The van der Waals surface area contributed by atoms with Crippen LogP contribution in [0.3, 0.4) is 0 Å². The zero-order chi connectivity index (χ0) is 11.1. The van der Waals surface area contributed by atoms with Gasteiger partial charge in [0.15, 0.2) is 0 Å². The van der Waals surface area contributed by atoms with Gasteiger partial charge in [-0.3, -0.25) is 9.69 Å². The minimum absolute atomic E-state index is 0.120. The van der Waals surface area contributed by atoms with Gasteiger partial charge in [0.05, 0.1) is 13.2 Å². The van der Waals surface area contributed by atoms with Crippen LogP contribution in [0, 0.1) is 0 Å². The lowest BCUT2D eigenvalue weighted by molar-refractivity contribution is -0.145. The summed E-state index contributed by atoms with van der Waals surface area (Å²) in [5.74, 6) is -0.120. The van der Waals surface area contributed by atoms with Gasteiger partial charge in [0.2, 0.25) is 0 Å². The molecule has 0 aromatic heterocycles. The molecule has 0 aromatic rings. The fraction of sp³-hybridized carbons (Fsp3) is 0.909. The van der Waals surface area contributed by atoms with Crippen LogP contribution in [0.15, 0.2) is 0 Å². The maximum absolute atomic E-state index is 11.4. The molecule has 1 aliphatic heterocycles. The molecule has 1 fully saturated rings. The summed E-state index contributed by atoms with van der Waals surface area (Å²) < 4.78 is 10.3. The lowest BCUT2D eigenvalue weighted by Gasteiger charge is -2.32. The van der Waals surface area contributed by atoms with E-state index in [2.05, 4.69) is 11.8 Å². The Morgan fingerprint density at radius 3 is 2.60 bits per heavy atom. The number of esters is 1. The van der Waals surface area contributed by atoms with E-state index >= 15 is 0 Å². The summed E-state index contributed by atoms with van der Waals surface area (Å²) in [6.07, 6.45) is 2.04. The van der Waals surface area contributed by atoms with Crippen molar-refractivity contribution in [3.63, 3.8) is 0 Å². The molecule has 0 unspecified atom stereocenters. The van der Waals surface area contributed by atoms with E-state index in [4.69, 9.17) is 9.47 Å². The lowest BCUT2D eigenvalue weighted by Crippen LogP contribution is -2.42. The molecule has 1 saturated heterocycles. The van der Waals surface area contributed by atoms with E-state index in [1.54, 1.807) is 0 Å². The van der Waals surface area contributed by atoms with Crippen LogP contribution >= 0.6 is 0 Å². The summed E-state index contributed by atoms with van der Waals surface area (Å²) >= 11 is 0. The Morgan fingerprint density at radius 1 is 1.40 bits per heavy atom. The highest BCUT2D eigenvalue weighted by Gasteiger charge is 2.22. The highest BCUT2D eigenvalue weighted by atomic mass is 16.5. The first-order chi connectivity index (χ1) is 7.27. The summed E-state index contributed by atoms with van der Waals surface area (Å²) in [5, 5.41) is 0. The Hall–Kier alpha value is -0.610. The van der Waals surface area contributed by atoms with Crippen molar-refractivity contribution in [2.75, 3.05) is 32.9 Å². The van der Waals surface area contributed by atoms with E-state index in [1.807, 2.05) is 6.92 Å². The minimum Gasteiger partial charge on any atom is -0.465 e. The number of rotatable bonds is 5. The normalized spacial score (nSPS) is 18.1. The molecule has 4 nitrogen and oxygen atoms in total. The van der Waals surface area contributed by atoms with Crippen LogP contribution in [0.4, 0.5) is 0 Å². The average molecular weight is 215 g/mol. The zero-order valence-electron chi connectivity index (χ0n) is 9.70. The van der Waals surface area contributed by atoms with Gasteiger partial charge < -0.3 is 9.47 Å². The number of hydrogen-bond acceptors (Lipinski definition) is 4. The average Bonchev–Trinajstić information content (AvgIpc) is 2.27. The van der Waals surface area contributed by atoms with Crippen molar-refractivity contribution in [3.05, 3.63) is 0 Å². The third-order valence-electron chi connectivity index (χ3n) is 2.75. The van der Waals surface area contributed by atoms with E-state index in [0.29, 0.717) is 19.2 Å². The second-order valence-electron chi connectivity index (χ2n) is 3.71. The molecule has 1 rings (SSSR count). The van der Waals surface area contributed by atoms with Gasteiger partial charge >= 0.3 is 5.97 Å². The molecule has 88 valence electrons. The number of likely N-dealkylation sites (N-methyl/N-ethyl adjacent to an activating group) is 1. The summed E-state index contributed by atoms with van der Waals surface area (Å²) in [6.45, 7) is 7.30.